The Balaban J connectivity index is 1.35. The molecule has 4 rings (SSSR count). The van der Waals surface area contributed by atoms with Crippen LogP contribution in [0.15, 0.2) is 59.2 Å². The van der Waals surface area contributed by atoms with Gasteiger partial charge in [0.15, 0.2) is 0 Å². The lowest BCUT2D eigenvalue weighted by atomic mass is 10.1. The maximum atomic E-state index is 12.6. The molecular weight excluding hydrogens is 436 g/mol. The smallest absolute Gasteiger partial charge is 0.324 e. The van der Waals surface area contributed by atoms with Gasteiger partial charge in [0.1, 0.15) is 6.04 Å². The van der Waals surface area contributed by atoms with E-state index in [4.69, 9.17) is 0 Å². The molecule has 1 fully saturated rings. The fourth-order valence-electron chi connectivity index (χ4n) is 3.43. The van der Waals surface area contributed by atoms with Gasteiger partial charge in [-0.25, -0.2) is 4.79 Å². The minimum Gasteiger partial charge on any atom is -0.361 e. The fourth-order valence-corrected chi connectivity index (χ4v) is 3.69. The molecule has 1 aliphatic rings. The molecule has 0 aliphatic carbocycles. The summed E-state index contributed by atoms with van der Waals surface area (Å²) in [4.78, 5) is 41.5. The molecule has 8 heteroatoms. The summed E-state index contributed by atoms with van der Waals surface area (Å²) in [5, 5.41) is 6.42. The number of amides is 4. The number of nitrogens with one attached hydrogen (secondary N) is 3. The van der Waals surface area contributed by atoms with Gasteiger partial charge in [-0.2, -0.15) is 0 Å². The van der Waals surface area contributed by atoms with Crippen LogP contribution in [0.5, 0.6) is 0 Å². The second-order valence-corrected chi connectivity index (χ2v) is 7.78. The van der Waals surface area contributed by atoms with Gasteiger partial charge in [0.05, 0.1) is 6.42 Å². The minimum absolute atomic E-state index is 0.107. The van der Waals surface area contributed by atoms with Gasteiger partial charge in [-0.05, 0) is 42.3 Å². The van der Waals surface area contributed by atoms with Crippen LogP contribution in [0, 0.1) is 0 Å². The summed E-state index contributed by atoms with van der Waals surface area (Å²) in [6.07, 6.45) is 2.33. The van der Waals surface area contributed by atoms with E-state index >= 15 is 0 Å². The fraction of sp³-hybridized carbons (Fsp3) is 0.190. The molecule has 3 aromatic rings. The first-order valence-electron chi connectivity index (χ1n) is 9.23. The number of fused-ring (bicyclic) bond motifs is 1. The number of hydrogen-bond acceptors (Lipinski definition) is 3. The minimum atomic E-state index is -0.846. The van der Waals surface area contributed by atoms with E-state index < -0.39 is 12.1 Å². The summed E-state index contributed by atoms with van der Waals surface area (Å²) in [7, 11) is 0. The van der Waals surface area contributed by atoms with Gasteiger partial charge in [-0.1, -0.05) is 34.1 Å². The molecule has 4 amide bonds. The number of benzene rings is 2. The molecule has 0 spiro atoms. The summed E-state index contributed by atoms with van der Waals surface area (Å²) < 4.78 is 0.902. The average Bonchev–Trinajstić information content (AvgIpc) is 3.23. The third-order valence-electron chi connectivity index (χ3n) is 4.90. The SMILES string of the molecule is O=C(CC1NC(=O)N(CCc2c[nH]c3ccccc23)C1=O)Nc1ccc(Br)cc1. The normalized spacial score (nSPS) is 16.3. The Hall–Kier alpha value is -3.13. The molecule has 0 saturated carbocycles. The standard InChI is InChI=1S/C21H19BrN4O3/c22-14-5-7-15(8-6-14)24-19(27)11-18-20(28)26(21(29)25-18)10-9-13-12-23-17-4-2-1-3-16(13)17/h1-8,12,18,23H,9-11H2,(H,24,27)(H,25,29). The lowest BCUT2D eigenvalue weighted by molar-refractivity contribution is -0.129. The predicted octanol–water partition coefficient (Wildman–Crippen LogP) is 3.42. The zero-order valence-electron chi connectivity index (χ0n) is 15.4. The number of halogens is 1. The van der Waals surface area contributed by atoms with Crippen molar-refractivity contribution in [3.63, 3.8) is 0 Å². The van der Waals surface area contributed by atoms with E-state index in [-0.39, 0.29) is 24.8 Å². The number of aromatic nitrogens is 1. The summed E-state index contributed by atoms with van der Waals surface area (Å²) >= 11 is 3.33. The molecule has 0 bridgehead atoms. The Morgan fingerprint density at radius 2 is 1.86 bits per heavy atom. The van der Waals surface area contributed by atoms with Crippen molar-refractivity contribution in [3.8, 4) is 0 Å². The molecule has 1 aliphatic heterocycles. The van der Waals surface area contributed by atoms with E-state index in [1.165, 1.54) is 4.90 Å². The van der Waals surface area contributed by atoms with Crippen LogP contribution in [0.1, 0.15) is 12.0 Å². The molecule has 1 saturated heterocycles. The van der Waals surface area contributed by atoms with Gasteiger partial charge >= 0.3 is 6.03 Å². The molecule has 1 unspecified atom stereocenters. The number of anilines is 1. The van der Waals surface area contributed by atoms with Crippen molar-refractivity contribution < 1.29 is 14.4 Å². The molecule has 148 valence electrons. The lowest BCUT2D eigenvalue weighted by Crippen LogP contribution is -2.34. The Morgan fingerprint density at radius 1 is 1.10 bits per heavy atom. The average molecular weight is 455 g/mol. The summed E-state index contributed by atoms with van der Waals surface area (Å²) in [5.74, 6) is -0.703. The molecule has 1 aromatic heterocycles. The highest BCUT2D eigenvalue weighted by Gasteiger charge is 2.38. The molecule has 1 atom stereocenters. The van der Waals surface area contributed by atoms with Crippen molar-refractivity contribution in [1.29, 1.82) is 0 Å². The van der Waals surface area contributed by atoms with Gasteiger partial charge in [-0.15, -0.1) is 0 Å². The van der Waals surface area contributed by atoms with Crippen LogP contribution in [0.4, 0.5) is 10.5 Å². The maximum Gasteiger partial charge on any atom is 0.324 e. The van der Waals surface area contributed by atoms with Gasteiger partial charge in [0.25, 0.3) is 5.91 Å². The number of rotatable bonds is 6. The van der Waals surface area contributed by atoms with Crippen molar-refractivity contribution >= 4 is 50.4 Å². The second kappa shape index (κ2) is 8.08. The van der Waals surface area contributed by atoms with E-state index in [0.29, 0.717) is 12.1 Å². The number of carbonyl (C=O) groups is 3. The number of nitrogens with zero attached hydrogens (tertiary/aromatic N) is 1. The van der Waals surface area contributed by atoms with E-state index in [0.717, 1.165) is 20.9 Å². The summed E-state index contributed by atoms with van der Waals surface area (Å²) in [5.41, 5.74) is 2.69. The maximum absolute atomic E-state index is 12.6. The van der Waals surface area contributed by atoms with Crippen molar-refractivity contribution in [2.24, 2.45) is 0 Å². The first-order chi connectivity index (χ1) is 14.0. The highest BCUT2D eigenvalue weighted by Crippen LogP contribution is 2.20. The third-order valence-corrected chi connectivity index (χ3v) is 5.43. The number of carbonyl (C=O) groups excluding carboxylic acids is 3. The number of para-hydroxylation sites is 1. The largest absolute Gasteiger partial charge is 0.361 e. The number of urea groups is 1. The first kappa shape index (κ1) is 19.2. The number of hydrogen-bond donors (Lipinski definition) is 3. The predicted molar refractivity (Wildman–Crippen MR) is 113 cm³/mol. The van der Waals surface area contributed by atoms with E-state index in [1.54, 1.807) is 12.1 Å². The Labute approximate surface area is 175 Å². The first-order valence-corrected chi connectivity index (χ1v) is 10.0. The van der Waals surface area contributed by atoms with Crippen LogP contribution in [0.3, 0.4) is 0 Å². The number of imide groups is 1. The van der Waals surface area contributed by atoms with Crippen LogP contribution >= 0.6 is 15.9 Å². The monoisotopic (exact) mass is 454 g/mol. The molecule has 7 nitrogen and oxygen atoms in total. The number of aromatic amines is 1. The van der Waals surface area contributed by atoms with Gasteiger partial charge in [0.2, 0.25) is 5.91 Å². The second-order valence-electron chi connectivity index (χ2n) is 6.86. The zero-order valence-corrected chi connectivity index (χ0v) is 17.0. The van der Waals surface area contributed by atoms with Crippen LogP contribution in [0.2, 0.25) is 0 Å². The van der Waals surface area contributed by atoms with E-state index in [9.17, 15) is 14.4 Å². The van der Waals surface area contributed by atoms with Crippen molar-refractivity contribution in [2.75, 3.05) is 11.9 Å². The van der Waals surface area contributed by atoms with Crippen molar-refractivity contribution in [1.82, 2.24) is 15.2 Å². The van der Waals surface area contributed by atoms with E-state index in [2.05, 4.69) is 31.5 Å². The van der Waals surface area contributed by atoms with Gasteiger partial charge in [-0.3, -0.25) is 14.5 Å². The van der Waals surface area contributed by atoms with Crippen LogP contribution in [-0.4, -0.2) is 40.3 Å². The molecular formula is C21H19BrN4O3. The Morgan fingerprint density at radius 3 is 2.66 bits per heavy atom. The molecule has 0 radical (unpaired) electrons. The molecule has 3 N–H and O–H groups in total. The molecule has 2 aromatic carbocycles. The Bertz CT molecular complexity index is 1080. The number of H-pyrrole nitrogens is 1. The highest BCUT2D eigenvalue weighted by molar-refractivity contribution is 9.10. The van der Waals surface area contributed by atoms with Gasteiger partial charge < -0.3 is 15.6 Å². The zero-order chi connectivity index (χ0) is 20.4. The molecule has 2 heterocycles. The molecule has 29 heavy (non-hydrogen) atoms. The van der Waals surface area contributed by atoms with Crippen molar-refractivity contribution in [3.05, 3.63) is 64.8 Å². The van der Waals surface area contributed by atoms with E-state index in [1.807, 2.05) is 42.6 Å². The van der Waals surface area contributed by atoms with Crippen molar-refractivity contribution in [2.45, 2.75) is 18.9 Å². The highest BCUT2D eigenvalue weighted by atomic mass is 79.9. The Kier molecular flexibility index (Phi) is 5.35. The van der Waals surface area contributed by atoms with Gasteiger partial charge in [0, 0.05) is 33.8 Å². The quantitative estimate of drug-likeness (QED) is 0.498. The topological polar surface area (TPSA) is 94.3 Å². The lowest BCUT2D eigenvalue weighted by Gasteiger charge is -2.13. The summed E-state index contributed by atoms with van der Waals surface area (Å²) in [6, 6.07) is 13.7. The van der Waals surface area contributed by atoms with Crippen LogP contribution in [-0.2, 0) is 16.0 Å². The summed E-state index contributed by atoms with van der Waals surface area (Å²) in [6.45, 7) is 0.261. The van der Waals surface area contributed by atoms with Crippen LogP contribution < -0.4 is 10.6 Å². The van der Waals surface area contributed by atoms with Crippen LogP contribution in [0.25, 0.3) is 10.9 Å². The third kappa shape index (κ3) is 4.17.